The van der Waals surface area contributed by atoms with Crippen molar-refractivity contribution in [1.82, 2.24) is 15.5 Å². The van der Waals surface area contributed by atoms with E-state index in [1.807, 2.05) is 24.3 Å². The van der Waals surface area contributed by atoms with E-state index in [2.05, 4.69) is 22.5 Å². The maximum atomic E-state index is 12.3. The first kappa shape index (κ1) is 18.5. The van der Waals surface area contributed by atoms with E-state index in [1.165, 1.54) is 6.42 Å². The third-order valence-corrected chi connectivity index (χ3v) is 5.23. The number of nitrogens with one attached hydrogen (secondary N) is 2. The molecule has 0 saturated carbocycles. The number of anilines is 1. The molecular weight excluding hydrogens is 332 g/mol. The summed E-state index contributed by atoms with van der Waals surface area (Å²) in [6, 6.07) is 7.45. The fourth-order valence-corrected chi connectivity index (χ4v) is 3.82. The van der Waals surface area contributed by atoms with E-state index in [0.717, 1.165) is 25.2 Å². The lowest BCUT2D eigenvalue weighted by Gasteiger charge is -2.23. The van der Waals surface area contributed by atoms with E-state index < -0.39 is 0 Å². The average Bonchev–Trinajstić information content (AvgIpc) is 3.25. The number of nitrogens with zero attached hydrogens (tertiary/aromatic N) is 2. The molecule has 7 nitrogen and oxygen atoms in total. The van der Waals surface area contributed by atoms with Crippen LogP contribution in [0.4, 0.5) is 10.5 Å². The fourth-order valence-electron chi connectivity index (χ4n) is 3.82. The first-order valence-electron chi connectivity index (χ1n) is 9.33. The van der Waals surface area contributed by atoms with Crippen LogP contribution in [-0.4, -0.2) is 62.2 Å². The van der Waals surface area contributed by atoms with Gasteiger partial charge in [-0.15, -0.1) is 0 Å². The summed E-state index contributed by atoms with van der Waals surface area (Å²) in [4.78, 5) is 28.6. The minimum Gasteiger partial charge on any atom is -0.497 e. The molecule has 2 heterocycles. The number of carbonyl (C=O) groups is 2. The number of ether oxygens (including phenoxy) is 1. The van der Waals surface area contributed by atoms with Crippen LogP contribution in [0.15, 0.2) is 24.3 Å². The van der Waals surface area contributed by atoms with Gasteiger partial charge in [-0.05, 0) is 38.1 Å². The molecule has 0 spiro atoms. The Bertz CT molecular complexity index is 651. The molecule has 142 valence electrons. The van der Waals surface area contributed by atoms with E-state index in [9.17, 15) is 9.59 Å². The molecule has 0 bridgehead atoms. The Balaban J connectivity index is 1.50. The largest absolute Gasteiger partial charge is 0.497 e. The second-order valence-corrected chi connectivity index (χ2v) is 6.89. The van der Waals surface area contributed by atoms with Crippen LogP contribution in [0.5, 0.6) is 5.75 Å². The Morgan fingerprint density at radius 3 is 3.00 bits per heavy atom. The summed E-state index contributed by atoms with van der Waals surface area (Å²) >= 11 is 0. The van der Waals surface area contributed by atoms with Crippen molar-refractivity contribution in [3.05, 3.63) is 24.3 Å². The number of urea groups is 1. The van der Waals surface area contributed by atoms with Crippen LogP contribution in [0.25, 0.3) is 0 Å². The third kappa shape index (κ3) is 4.27. The molecule has 0 radical (unpaired) electrons. The highest BCUT2D eigenvalue weighted by atomic mass is 16.5. The van der Waals surface area contributed by atoms with Gasteiger partial charge in [0, 0.05) is 37.3 Å². The van der Waals surface area contributed by atoms with Crippen LogP contribution in [0, 0.1) is 0 Å². The SMILES string of the molecule is CCN1CCCC1CNC(=O)NC1CC(=O)N(c2cccc(OC)c2)C1. The zero-order chi connectivity index (χ0) is 18.5. The van der Waals surface area contributed by atoms with E-state index in [4.69, 9.17) is 4.74 Å². The highest BCUT2D eigenvalue weighted by Crippen LogP contribution is 2.25. The predicted octanol–water partition coefficient (Wildman–Crippen LogP) is 1.58. The van der Waals surface area contributed by atoms with E-state index in [1.54, 1.807) is 12.0 Å². The minimum atomic E-state index is -0.196. The van der Waals surface area contributed by atoms with Gasteiger partial charge in [0.1, 0.15) is 5.75 Å². The Labute approximate surface area is 154 Å². The molecule has 0 aromatic heterocycles. The number of methoxy groups -OCH3 is 1. The maximum absolute atomic E-state index is 12.3. The minimum absolute atomic E-state index is 0.0107. The number of hydrogen-bond donors (Lipinski definition) is 2. The zero-order valence-electron chi connectivity index (χ0n) is 15.5. The van der Waals surface area contributed by atoms with Gasteiger partial charge in [-0.1, -0.05) is 13.0 Å². The summed E-state index contributed by atoms with van der Waals surface area (Å²) in [6.07, 6.45) is 2.63. The molecule has 2 aliphatic heterocycles. The predicted molar refractivity (Wildman–Crippen MR) is 101 cm³/mol. The summed E-state index contributed by atoms with van der Waals surface area (Å²) < 4.78 is 5.22. The van der Waals surface area contributed by atoms with Crippen molar-refractivity contribution < 1.29 is 14.3 Å². The van der Waals surface area contributed by atoms with Gasteiger partial charge in [-0.3, -0.25) is 9.69 Å². The molecule has 26 heavy (non-hydrogen) atoms. The van der Waals surface area contributed by atoms with Crippen LogP contribution >= 0.6 is 0 Å². The molecule has 2 atom stereocenters. The third-order valence-electron chi connectivity index (χ3n) is 5.23. The van der Waals surface area contributed by atoms with Gasteiger partial charge in [-0.2, -0.15) is 0 Å². The van der Waals surface area contributed by atoms with Gasteiger partial charge in [0.2, 0.25) is 5.91 Å². The fraction of sp³-hybridized carbons (Fsp3) is 0.579. The Kier molecular flexibility index (Phi) is 5.98. The summed E-state index contributed by atoms with van der Waals surface area (Å²) in [5.41, 5.74) is 0.795. The standard InChI is InChI=1S/C19H28N4O3/c1-3-22-9-5-7-16(22)12-20-19(25)21-14-10-18(24)23(13-14)15-6-4-8-17(11-15)26-2/h4,6,8,11,14,16H,3,5,7,9-10,12-13H2,1-2H3,(H2,20,21,25). The molecule has 2 fully saturated rings. The van der Waals surface area contributed by atoms with Crippen molar-refractivity contribution in [2.75, 3.05) is 38.2 Å². The monoisotopic (exact) mass is 360 g/mol. The summed E-state index contributed by atoms with van der Waals surface area (Å²) in [7, 11) is 1.60. The van der Waals surface area contributed by atoms with Gasteiger partial charge in [0.25, 0.3) is 0 Å². The van der Waals surface area contributed by atoms with Gasteiger partial charge < -0.3 is 20.3 Å². The quantitative estimate of drug-likeness (QED) is 0.808. The Morgan fingerprint density at radius 1 is 1.38 bits per heavy atom. The first-order valence-corrected chi connectivity index (χ1v) is 9.33. The zero-order valence-corrected chi connectivity index (χ0v) is 15.5. The summed E-state index contributed by atoms with van der Waals surface area (Å²) in [6.45, 7) is 5.40. The number of likely N-dealkylation sites (tertiary alicyclic amines) is 1. The Hall–Kier alpha value is -2.28. The molecule has 2 N–H and O–H groups in total. The van der Waals surface area contributed by atoms with Crippen LogP contribution < -0.4 is 20.3 Å². The average molecular weight is 360 g/mol. The first-order chi connectivity index (χ1) is 12.6. The molecule has 3 rings (SSSR count). The maximum Gasteiger partial charge on any atom is 0.315 e. The van der Waals surface area contributed by atoms with Gasteiger partial charge in [0.05, 0.1) is 13.2 Å². The van der Waals surface area contributed by atoms with Gasteiger partial charge >= 0.3 is 6.03 Å². The van der Waals surface area contributed by atoms with E-state index >= 15 is 0 Å². The molecule has 0 aliphatic carbocycles. The molecule has 1 aromatic carbocycles. The number of benzene rings is 1. The molecule has 7 heteroatoms. The summed E-state index contributed by atoms with van der Waals surface area (Å²) in [5.74, 6) is 0.720. The number of amides is 3. The number of likely N-dealkylation sites (N-methyl/N-ethyl adjacent to an activating group) is 1. The summed E-state index contributed by atoms with van der Waals surface area (Å²) in [5, 5.41) is 5.89. The molecule has 3 amide bonds. The number of rotatable bonds is 6. The lowest BCUT2D eigenvalue weighted by Crippen LogP contribution is -2.47. The van der Waals surface area contributed by atoms with Crippen molar-refractivity contribution in [2.45, 2.75) is 38.3 Å². The highest BCUT2D eigenvalue weighted by Gasteiger charge is 2.32. The van der Waals surface area contributed by atoms with E-state index in [-0.39, 0.29) is 18.0 Å². The highest BCUT2D eigenvalue weighted by molar-refractivity contribution is 5.97. The topological polar surface area (TPSA) is 73.9 Å². The molecular formula is C19H28N4O3. The molecule has 1 aromatic rings. The van der Waals surface area contributed by atoms with Crippen molar-refractivity contribution in [3.8, 4) is 5.75 Å². The van der Waals surface area contributed by atoms with Crippen molar-refractivity contribution in [1.29, 1.82) is 0 Å². The lowest BCUT2D eigenvalue weighted by molar-refractivity contribution is -0.117. The van der Waals surface area contributed by atoms with Crippen LogP contribution in [0.2, 0.25) is 0 Å². The molecule has 2 saturated heterocycles. The number of hydrogen-bond acceptors (Lipinski definition) is 4. The van der Waals surface area contributed by atoms with Crippen LogP contribution in [-0.2, 0) is 4.79 Å². The molecule has 2 aliphatic rings. The number of carbonyl (C=O) groups excluding carboxylic acids is 2. The van der Waals surface area contributed by atoms with Gasteiger partial charge in [-0.25, -0.2) is 4.79 Å². The normalized spacial score (nSPS) is 23.3. The Morgan fingerprint density at radius 2 is 2.23 bits per heavy atom. The lowest BCUT2D eigenvalue weighted by atomic mass is 10.2. The van der Waals surface area contributed by atoms with Crippen molar-refractivity contribution >= 4 is 17.6 Å². The van der Waals surface area contributed by atoms with Crippen molar-refractivity contribution in [3.63, 3.8) is 0 Å². The second-order valence-electron chi connectivity index (χ2n) is 6.89. The van der Waals surface area contributed by atoms with E-state index in [0.29, 0.717) is 31.3 Å². The van der Waals surface area contributed by atoms with Gasteiger partial charge in [0.15, 0.2) is 0 Å². The second kappa shape index (κ2) is 8.40. The molecule has 2 unspecified atom stereocenters. The van der Waals surface area contributed by atoms with Crippen molar-refractivity contribution in [2.24, 2.45) is 0 Å². The van der Waals surface area contributed by atoms with Crippen LogP contribution in [0.3, 0.4) is 0 Å². The van der Waals surface area contributed by atoms with Crippen LogP contribution in [0.1, 0.15) is 26.2 Å². The smallest absolute Gasteiger partial charge is 0.315 e.